The van der Waals surface area contributed by atoms with Crippen LogP contribution in [0.2, 0.25) is 0 Å². The van der Waals surface area contributed by atoms with Gasteiger partial charge in [0.1, 0.15) is 6.04 Å². The van der Waals surface area contributed by atoms with Gasteiger partial charge in [0.25, 0.3) is 0 Å². The van der Waals surface area contributed by atoms with Gasteiger partial charge in [0.05, 0.1) is 11.7 Å². The molecule has 2 heterocycles. The number of nitrogens with zero attached hydrogens (tertiary/aromatic N) is 2. The van der Waals surface area contributed by atoms with Crippen LogP contribution in [0.25, 0.3) is 0 Å². The highest BCUT2D eigenvalue weighted by atomic mass is 35.5. The van der Waals surface area contributed by atoms with Crippen LogP contribution in [0, 0.1) is 5.92 Å². The molecule has 10 heteroatoms. The highest BCUT2D eigenvalue weighted by Crippen LogP contribution is 2.26. The first kappa shape index (κ1) is 24.1. The summed E-state index contributed by atoms with van der Waals surface area (Å²) < 4.78 is 26.5. The molecule has 0 aromatic heterocycles. The molecule has 2 rings (SSSR count). The van der Waals surface area contributed by atoms with Crippen LogP contribution in [-0.2, 0) is 19.6 Å². The smallest absolute Gasteiger partial charge is 0.241 e. The van der Waals surface area contributed by atoms with Crippen LogP contribution in [0.1, 0.15) is 45.4 Å². The minimum atomic E-state index is -3.40. The molecule has 2 amide bonds. The van der Waals surface area contributed by atoms with Crippen molar-refractivity contribution in [1.82, 2.24) is 14.5 Å². The van der Waals surface area contributed by atoms with Crippen molar-refractivity contribution in [3.8, 4) is 0 Å². The van der Waals surface area contributed by atoms with E-state index >= 15 is 0 Å². The minimum absolute atomic E-state index is 0. The molecule has 0 aromatic carbocycles. The number of hydrogen-bond donors (Lipinski definition) is 2. The van der Waals surface area contributed by atoms with Gasteiger partial charge in [-0.1, -0.05) is 13.3 Å². The number of amides is 2. The SMILES string of the molecule is CCCCS(=O)(=O)N1CCCC1C(=O)N1CCCC(C(=O)NCCN)C1.Cl. The van der Waals surface area contributed by atoms with Gasteiger partial charge in [-0.15, -0.1) is 12.4 Å². The lowest BCUT2D eigenvalue weighted by atomic mass is 9.96. The fourth-order valence-corrected chi connectivity index (χ4v) is 5.58. The average Bonchev–Trinajstić information content (AvgIpc) is 3.14. The van der Waals surface area contributed by atoms with Gasteiger partial charge in [-0.25, -0.2) is 8.42 Å². The Kier molecular flexibility index (Phi) is 10.0. The second kappa shape index (κ2) is 11.2. The standard InChI is InChI=1S/C17H32N4O4S.ClH/c1-2-3-12-26(24,25)21-11-5-7-15(21)17(23)20-10-4-6-14(13-20)16(22)19-9-8-18;/h14-15H,2-13,18H2,1H3,(H,19,22);1H. The van der Waals surface area contributed by atoms with Gasteiger partial charge >= 0.3 is 0 Å². The van der Waals surface area contributed by atoms with E-state index in [1.165, 1.54) is 4.31 Å². The monoisotopic (exact) mass is 424 g/mol. The van der Waals surface area contributed by atoms with Gasteiger partial charge in [-0.2, -0.15) is 4.31 Å². The van der Waals surface area contributed by atoms with E-state index in [0.29, 0.717) is 52.0 Å². The van der Waals surface area contributed by atoms with Crippen molar-refractivity contribution in [2.45, 2.75) is 51.5 Å². The Balaban J connectivity index is 0.00000364. The van der Waals surface area contributed by atoms with Crippen molar-refractivity contribution >= 4 is 34.2 Å². The lowest BCUT2D eigenvalue weighted by Crippen LogP contribution is -2.52. The number of likely N-dealkylation sites (tertiary alicyclic amines) is 1. The van der Waals surface area contributed by atoms with E-state index in [9.17, 15) is 18.0 Å². The number of sulfonamides is 1. The van der Waals surface area contributed by atoms with Crippen molar-refractivity contribution in [3.05, 3.63) is 0 Å². The Morgan fingerprint density at radius 1 is 1.19 bits per heavy atom. The molecule has 0 radical (unpaired) electrons. The number of nitrogens with two attached hydrogens (primary N) is 1. The van der Waals surface area contributed by atoms with Gasteiger partial charge in [-0.3, -0.25) is 9.59 Å². The fourth-order valence-electron chi connectivity index (χ4n) is 3.71. The molecule has 0 aromatic rings. The Morgan fingerprint density at radius 3 is 2.56 bits per heavy atom. The Hall–Kier alpha value is -0.900. The summed E-state index contributed by atoms with van der Waals surface area (Å²) >= 11 is 0. The molecule has 0 saturated carbocycles. The number of nitrogens with one attached hydrogen (secondary N) is 1. The van der Waals surface area contributed by atoms with Gasteiger partial charge < -0.3 is 16.0 Å². The molecule has 8 nitrogen and oxygen atoms in total. The number of carbonyl (C=O) groups is 2. The van der Waals surface area contributed by atoms with Gasteiger partial charge in [0.2, 0.25) is 21.8 Å². The van der Waals surface area contributed by atoms with E-state index in [1.54, 1.807) is 4.90 Å². The highest BCUT2D eigenvalue weighted by Gasteiger charge is 2.41. The summed E-state index contributed by atoms with van der Waals surface area (Å²) in [4.78, 5) is 26.8. The molecule has 2 atom stereocenters. The summed E-state index contributed by atoms with van der Waals surface area (Å²) in [6, 6.07) is -0.609. The first-order valence-corrected chi connectivity index (χ1v) is 11.3. The zero-order chi connectivity index (χ0) is 19.2. The van der Waals surface area contributed by atoms with Crippen LogP contribution in [0.15, 0.2) is 0 Å². The van der Waals surface area contributed by atoms with Crippen molar-refractivity contribution in [2.75, 3.05) is 38.5 Å². The molecule has 27 heavy (non-hydrogen) atoms. The Labute approximate surface area is 168 Å². The molecular weight excluding hydrogens is 392 g/mol. The molecule has 2 aliphatic heterocycles. The quantitative estimate of drug-likeness (QED) is 0.582. The zero-order valence-electron chi connectivity index (χ0n) is 16.1. The summed E-state index contributed by atoms with van der Waals surface area (Å²) in [5.41, 5.74) is 5.41. The van der Waals surface area contributed by atoms with Crippen molar-refractivity contribution in [2.24, 2.45) is 11.7 Å². The molecule has 0 aliphatic carbocycles. The summed E-state index contributed by atoms with van der Waals surface area (Å²) in [5, 5.41) is 2.78. The molecule has 2 unspecified atom stereocenters. The van der Waals surface area contributed by atoms with Crippen LogP contribution in [0.3, 0.4) is 0 Å². The van der Waals surface area contributed by atoms with Crippen molar-refractivity contribution in [3.63, 3.8) is 0 Å². The number of halogens is 1. The predicted molar refractivity (Wildman–Crippen MR) is 107 cm³/mol. The minimum Gasteiger partial charge on any atom is -0.355 e. The number of piperidine rings is 1. The maximum atomic E-state index is 13.0. The summed E-state index contributed by atoms with van der Waals surface area (Å²) in [6.45, 7) is 4.11. The van der Waals surface area contributed by atoms with Crippen LogP contribution >= 0.6 is 12.4 Å². The molecule has 2 saturated heterocycles. The van der Waals surface area contributed by atoms with Crippen LogP contribution in [-0.4, -0.2) is 74.0 Å². The number of hydrogen-bond acceptors (Lipinski definition) is 5. The maximum absolute atomic E-state index is 13.0. The van der Waals surface area contributed by atoms with Crippen LogP contribution in [0.5, 0.6) is 0 Å². The van der Waals surface area contributed by atoms with Crippen LogP contribution in [0.4, 0.5) is 0 Å². The fraction of sp³-hybridized carbons (Fsp3) is 0.882. The summed E-state index contributed by atoms with van der Waals surface area (Å²) in [5.74, 6) is -0.381. The topological polar surface area (TPSA) is 113 Å². The molecule has 158 valence electrons. The third-order valence-electron chi connectivity index (χ3n) is 5.15. The highest BCUT2D eigenvalue weighted by molar-refractivity contribution is 7.89. The zero-order valence-corrected chi connectivity index (χ0v) is 17.7. The predicted octanol–water partition coefficient (Wildman–Crippen LogP) is 0.316. The van der Waals surface area contributed by atoms with Gasteiger partial charge in [0, 0.05) is 32.7 Å². The van der Waals surface area contributed by atoms with E-state index in [0.717, 1.165) is 19.3 Å². The Morgan fingerprint density at radius 2 is 1.89 bits per heavy atom. The van der Waals surface area contributed by atoms with Crippen LogP contribution < -0.4 is 11.1 Å². The number of unbranched alkanes of at least 4 members (excludes halogenated alkanes) is 1. The molecule has 2 aliphatic rings. The Bertz CT molecular complexity index is 602. The lowest BCUT2D eigenvalue weighted by molar-refractivity contribution is -0.138. The molecule has 2 fully saturated rings. The molecule has 3 N–H and O–H groups in total. The van der Waals surface area contributed by atoms with E-state index < -0.39 is 16.1 Å². The van der Waals surface area contributed by atoms with E-state index in [-0.39, 0.29) is 35.9 Å². The first-order chi connectivity index (χ1) is 12.4. The summed E-state index contributed by atoms with van der Waals surface area (Å²) in [6.07, 6.45) is 4.16. The second-order valence-corrected chi connectivity index (χ2v) is 9.18. The first-order valence-electron chi connectivity index (χ1n) is 9.66. The number of carbonyl (C=O) groups excluding carboxylic acids is 2. The largest absolute Gasteiger partial charge is 0.355 e. The lowest BCUT2D eigenvalue weighted by Gasteiger charge is -2.35. The third-order valence-corrected chi connectivity index (χ3v) is 7.11. The normalized spacial score (nSPS) is 23.7. The van der Waals surface area contributed by atoms with Crippen molar-refractivity contribution < 1.29 is 18.0 Å². The van der Waals surface area contributed by atoms with Crippen molar-refractivity contribution in [1.29, 1.82) is 0 Å². The van der Waals surface area contributed by atoms with E-state index in [4.69, 9.17) is 5.73 Å². The third kappa shape index (κ3) is 6.30. The molecular formula is C17H33ClN4O4S. The average molecular weight is 425 g/mol. The summed E-state index contributed by atoms with van der Waals surface area (Å²) in [7, 11) is -3.40. The van der Waals surface area contributed by atoms with Gasteiger partial charge in [0.15, 0.2) is 0 Å². The molecule has 0 spiro atoms. The molecule has 0 bridgehead atoms. The van der Waals surface area contributed by atoms with E-state index in [2.05, 4.69) is 5.32 Å². The number of rotatable bonds is 8. The maximum Gasteiger partial charge on any atom is 0.241 e. The van der Waals surface area contributed by atoms with E-state index in [1.807, 2.05) is 6.92 Å². The second-order valence-electron chi connectivity index (χ2n) is 7.14. The van der Waals surface area contributed by atoms with Gasteiger partial charge in [-0.05, 0) is 32.1 Å².